The van der Waals surface area contributed by atoms with Crippen LogP contribution in [0.1, 0.15) is 32.1 Å². The maximum Gasteiger partial charge on any atom is 0.254 e. The van der Waals surface area contributed by atoms with Crippen LogP contribution in [0.5, 0.6) is 0 Å². The van der Waals surface area contributed by atoms with Crippen LogP contribution >= 0.6 is 0 Å². The molecule has 0 aromatic carbocycles. The van der Waals surface area contributed by atoms with Crippen LogP contribution in [0.3, 0.4) is 0 Å². The highest BCUT2D eigenvalue weighted by molar-refractivity contribution is 6.12. The van der Waals surface area contributed by atoms with Crippen molar-refractivity contribution in [1.82, 2.24) is 5.32 Å². The van der Waals surface area contributed by atoms with Gasteiger partial charge in [0.2, 0.25) is 0 Å². The fraction of sp³-hybridized carbons (Fsp3) is 0.636. The molecule has 0 unspecified atom stereocenters. The fourth-order valence-corrected chi connectivity index (χ4v) is 1.83. The second kappa shape index (κ2) is 6.22. The predicted octanol–water partition coefficient (Wildman–Crippen LogP) is 0.978. The van der Waals surface area contributed by atoms with Gasteiger partial charge in [0, 0.05) is 25.5 Å². The van der Waals surface area contributed by atoms with Crippen molar-refractivity contribution in [2.75, 3.05) is 7.05 Å². The standard InChI is InChI=1S/C11H19N3O/c1-13-8-9(7-12)11(15)14-10-5-3-2-4-6-10/h7-8,10H,2-6,12H2,1H3,(H,14,15)/b9-7+,13-8-. The number of nitrogens with two attached hydrogens (primary N) is 1. The summed E-state index contributed by atoms with van der Waals surface area (Å²) >= 11 is 0. The minimum atomic E-state index is -0.116. The van der Waals surface area contributed by atoms with Gasteiger partial charge in [0.1, 0.15) is 0 Å². The van der Waals surface area contributed by atoms with E-state index in [-0.39, 0.29) is 5.91 Å². The molecular formula is C11H19N3O. The van der Waals surface area contributed by atoms with Gasteiger partial charge in [-0.3, -0.25) is 9.79 Å². The summed E-state index contributed by atoms with van der Waals surface area (Å²) in [5.74, 6) is -0.116. The Balaban J connectivity index is 2.46. The highest BCUT2D eigenvalue weighted by Gasteiger charge is 2.16. The van der Waals surface area contributed by atoms with Gasteiger partial charge in [-0.05, 0) is 12.8 Å². The molecular weight excluding hydrogens is 190 g/mol. The van der Waals surface area contributed by atoms with Crippen molar-refractivity contribution in [2.45, 2.75) is 38.1 Å². The van der Waals surface area contributed by atoms with E-state index >= 15 is 0 Å². The Bertz CT molecular complexity index is 265. The average molecular weight is 209 g/mol. The molecule has 4 nitrogen and oxygen atoms in total. The van der Waals surface area contributed by atoms with E-state index in [0.717, 1.165) is 12.8 Å². The van der Waals surface area contributed by atoms with Crippen LogP contribution < -0.4 is 11.1 Å². The summed E-state index contributed by atoms with van der Waals surface area (Å²) in [4.78, 5) is 15.5. The Morgan fingerprint density at radius 1 is 1.40 bits per heavy atom. The third-order valence-electron chi connectivity index (χ3n) is 2.65. The molecule has 0 heterocycles. The molecule has 0 aromatic heterocycles. The van der Waals surface area contributed by atoms with E-state index in [4.69, 9.17) is 5.73 Å². The minimum absolute atomic E-state index is 0.116. The molecule has 15 heavy (non-hydrogen) atoms. The molecule has 1 aliphatic carbocycles. The summed E-state index contributed by atoms with van der Waals surface area (Å²) in [5, 5.41) is 2.98. The number of carbonyl (C=O) groups is 1. The van der Waals surface area contributed by atoms with Crippen LogP contribution in [0.15, 0.2) is 16.8 Å². The zero-order valence-corrected chi connectivity index (χ0v) is 9.20. The van der Waals surface area contributed by atoms with Gasteiger partial charge >= 0.3 is 0 Å². The predicted molar refractivity (Wildman–Crippen MR) is 61.7 cm³/mol. The second-order valence-corrected chi connectivity index (χ2v) is 3.82. The number of carbonyl (C=O) groups excluding carboxylic acids is 1. The summed E-state index contributed by atoms with van der Waals surface area (Å²) in [6.45, 7) is 0. The van der Waals surface area contributed by atoms with Crippen molar-refractivity contribution in [3.63, 3.8) is 0 Å². The second-order valence-electron chi connectivity index (χ2n) is 3.82. The van der Waals surface area contributed by atoms with Crippen LogP contribution in [-0.2, 0) is 4.79 Å². The number of rotatable bonds is 3. The minimum Gasteiger partial charge on any atom is -0.404 e. The molecule has 0 bridgehead atoms. The van der Waals surface area contributed by atoms with Crippen molar-refractivity contribution in [2.24, 2.45) is 10.7 Å². The molecule has 0 radical (unpaired) electrons. The molecule has 0 spiro atoms. The Kier molecular flexibility index (Phi) is 4.87. The van der Waals surface area contributed by atoms with Gasteiger partial charge in [0.15, 0.2) is 0 Å². The maximum atomic E-state index is 11.7. The summed E-state index contributed by atoms with van der Waals surface area (Å²) < 4.78 is 0. The molecule has 4 heteroatoms. The summed E-state index contributed by atoms with van der Waals surface area (Å²) in [6.07, 6.45) is 8.62. The molecule has 1 rings (SSSR count). The molecule has 1 fully saturated rings. The third kappa shape index (κ3) is 3.73. The summed E-state index contributed by atoms with van der Waals surface area (Å²) in [5.41, 5.74) is 5.78. The van der Waals surface area contributed by atoms with Crippen molar-refractivity contribution >= 4 is 12.1 Å². The van der Waals surface area contributed by atoms with E-state index in [9.17, 15) is 4.79 Å². The molecule has 0 aliphatic heterocycles. The first-order chi connectivity index (χ1) is 7.27. The normalized spacial score (nSPS) is 19.4. The molecule has 0 aromatic rings. The third-order valence-corrected chi connectivity index (χ3v) is 2.65. The van der Waals surface area contributed by atoms with E-state index in [0.29, 0.717) is 11.6 Å². The first kappa shape index (κ1) is 11.8. The van der Waals surface area contributed by atoms with Crippen molar-refractivity contribution < 1.29 is 4.79 Å². The number of aliphatic imine (C=N–C) groups is 1. The van der Waals surface area contributed by atoms with E-state index in [1.165, 1.54) is 31.7 Å². The molecule has 1 aliphatic rings. The lowest BCUT2D eigenvalue weighted by molar-refractivity contribution is -0.117. The number of amides is 1. The van der Waals surface area contributed by atoms with Gasteiger partial charge in [-0.15, -0.1) is 0 Å². The van der Waals surface area contributed by atoms with Crippen molar-refractivity contribution in [3.05, 3.63) is 11.8 Å². The molecule has 1 saturated carbocycles. The van der Waals surface area contributed by atoms with Gasteiger partial charge < -0.3 is 11.1 Å². The lowest BCUT2D eigenvalue weighted by Gasteiger charge is -2.22. The van der Waals surface area contributed by atoms with Gasteiger partial charge in [0.05, 0.1) is 5.57 Å². The Labute approximate surface area is 90.6 Å². The number of hydrogen-bond donors (Lipinski definition) is 2. The van der Waals surface area contributed by atoms with Crippen molar-refractivity contribution in [1.29, 1.82) is 0 Å². The Morgan fingerprint density at radius 2 is 2.07 bits per heavy atom. The zero-order valence-electron chi connectivity index (χ0n) is 9.20. The lowest BCUT2D eigenvalue weighted by Crippen LogP contribution is -2.37. The molecule has 3 N–H and O–H groups in total. The van der Waals surface area contributed by atoms with Gasteiger partial charge in [0.25, 0.3) is 5.91 Å². The van der Waals surface area contributed by atoms with Crippen LogP contribution in [0.25, 0.3) is 0 Å². The highest BCUT2D eigenvalue weighted by Crippen LogP contribution is 2.17. The first-order valence-corrected chi connectivity index (χ1v) is 5.43. The van der Waals surface area contributed by atoms with Crippen molar-refractivity contribution in [3.8, 4) is 0 Å². The van der Waals surface area contributed by atoms with Gasteiger partial charge in [-0.25, -0.2) is 0 Å². The van der Waals surface area contributed by atoms with Crippen LogP contribution in [0.4, 0.5) is 0 Å². The maximum absolute atomic E-state index is 11.7. The SMILES string of the molecule is C/N=C\C(=C/N)C(=O)NC1CCCCC1. The number of nitrogens with zero attached hydrogens (tertiary/aromatic N) is 1. The summed E-state index contributed by atoms with van der Waals surface area (Å²) in [6, 6.07) is 0.312. The smallest absolute Gasteiger partial charge is 0.254 e. The van der Waals surface area contributed by atoms with Crippen LogP contribution in [0, 0.1) is 0 Å². The molecule has 0 atom stereocenters. The van der Waals surface area contributed by atoms with Gasteiger partial charge in [-0.1, -0.05) is 19.3 Å². The zero-order chi connectivity index (χ0) is 11.1. The lowest BCUT2D eigenvalue weighted by atomic mass is 9.95. The van der Waals surface area contributed by atoms with E-state index in [2.05, 4.69) is 10.3 Å². The quantitative estimate of drug-likeness (QED) is 0.537. The van der Waals surface area contributed by atoms with E-state index < -0.39 is 0 Å². The molecule has 84 valence electrons. The summed E-state index contributed by atoms with van der Waals surface area (Å²) in [7, 11) is 1.62. The van der Waals surface area contributed by atoms with E-state index in [1.54, 1.807) is 7.05 Å². The first-order valence-electron chi connectivity index (χ1n) is 5.43. The van der Waals surface area contributed by atoms with Crippen LogP contribution in [-0.4, -0.2) is 25.2 Å². The number of hydrogen-bond acceptors (Lipinski definition) is 3. The fourth-order valence-electron chi connectivity index (χ4n) is 1.83. The van der Waals surface area contributed by atoms with Crippen LogP contribution in [0.2, 0.25) is 0 Å². The largest absolute Gasteiger partial charge is 0.404 e. The van der Waals surface area contributed by atoms with E-state index in [1.807, 2.05) is 0 Å². The molecule has 1 amide bonds. The monoisotopic (exact) mass is 209 g/mol. The Morgan fingerprint density at radius 3 is 2.60 bits per heavy atom. The van der Waals surface area contributed by atoms with Gasteiger partial charge in [-0.2, -0.15) is 0 Å². The highest BCUT2D eigenvalue weighted by atomic mass is 16.1. The average Bonchev–Trinajstić information content (AvgIpc) is 2.27. The topological polar surface area (TPSA) is 67.5 Å². The number of nitrogens with one attached hydrogen (secondary N) is 1. The Hall–Kier alpha value is -1.32. The molecule has 0 saturated heterocycles.